The van der Waals surface area contributed by atoms with Gasteiger partial charge in [-0.05, 0) is 99.2 Å². The highest BCUT2D eigenvalue weighted by Crippen LogP contribution is 2.67. The van der Waals surface area contributed by atoms with Crippen LogP contribution in [0.5, 0.6) is 0 Å². The SMILES string of the molecule is COC(=O)[C@H]1CC[C@H]2[C@@H]3CCC4C[C@@H](NCO[C@@H]5O[C@@H](C)[C@H](O)[C@@H](O)[C@H]5O)CC[C@]4(C)[C@H]3CC[C@]12C. The van der Waals surface area contributed by atoms with Crippen molar-refractivity contribution in [1.82, 2.24) is 5.32 Å². The van der Waals surface area contributed by atoms with Gasteiger partial charge in [0.05, 0.1) is 19.1 Å². The molecule has 0 radical (unpaired) electrons. The highest BCUT2D eigenvalue weighted by atomic mass is 16.7. The smallest absolute Gasteiger partial charge is 0.309 e. The van der Waals surface area contributed by atoms with E-state index in [4.69, 9.17) is 14.2 Å². The number of carbonyl (C=O) groups is 1. The monoisotopic (exact) mass is 509 g/mol. The van der Waals surface area contributed by atoms with Crippen LogP contribution < -0.4 is 5.32 Å². The lowest BCUT2D eigenvalue weighted by Crippen LogP contribution is -2.58. The minimum absolute atomic E-state index is 0.00144. The third-order valence-electron chi connectivity index (χ3n) is 11.6. The maximum Gasteiger partial charge on any atom is 0.309 e. The van der Waals surface area contributed by atoms with Crippen molar-refractivity contribution in [3.8, 4) is 0 Å². The molecule has 0 bridgehead atoms. The average molecular weight is 510 g/mol. The maximum absolute atomic E-state index is 12.5. The summed E-state index contributed by atoms with van der Waals surface area (Å²) in [5.41, 5.74) is 0.450. The molecule has 4 saturated carbocycles. The van der Waals surface area contributed by atoms with Gasteiger partial charge in [0.25, 0.3) is 0 Å². The van der Waals surface area contributed by atoms with Crippen LogP contribution >= 0.6 is 0 Å². The van der Waals surface area contributed by atoms with E-state index in [9.17, 15) is 20.1 Å². The number of hydrogen-bond acceptors (Lipinski definition) is 8. The summed E-state index contributed by atoms with van der Waals surface area (Å²) >= 11 is 0. The lowest BCUT2D eigenvalue weighted by molar-refractivity contribution is -0.295. The summed E-state index contributed by atoms with van der Waals surface area (Å²) < 4.78 is 16.5. The Balaban J connectivity index is 1.16. The third kappa shape index (κ3) is 4.34. The Hall–Kier alpha value is -0.770. The predicted molar refractivity (Wildman–Crippen MR) is 132 cm³/mol. The Morgan fingerprint density at radius 2 is 1.67 bits per heavy atom. The normalized spacial score (nSPS) is 52.7. The summed E-state index contributed by atoms with van der Waals surface area (Å²) in [6.07, 6.45) is 5.24. The van der Waals surface area contributed by atoms with Crippen LogP contribution in [0.1, 0.15) is 78.6 Å². The predicted octanol–water partition coefficient (Wildman–Crippen LogP) is 2.58. The Kier molecular flexibility index (Phi) is 7.51. The molecule has 1 aliphatic heterocycles. The average Bonchev–Trinajstić information content (AvgIpc) is 3.22. The van der Waals surface area contributed by atoms with Gasteiger partial charge in [-0.3, -0.25) is 10.1 Å². The second kappa shape index (κ2) is 10.1. The molecule has 0 aromatic rings. The molecule has 4 aliphatic carbocycles. The second-order valence-corrected chi connectivity index (χ2v) is 13.0. The van der Waals surface area contributed by atoms with E-state index in [-0.39, 0.29) is 24.0 Å². The Bertz CT molecular complexity index is 811. The van der Waals surface area contributed by atoms with E-state index in [1.807, 2.05) is 0 Å². The van der Waals surface area contributed by atoms with Gasteiger partial charge in [0.2, 0.25) is 0 Å². The molecule has 36 heavy (non-hydrogen) atoms. The van der Waals surface area contributed by atoms with Crippen LogP contribution in [0.15, 0.2) is 0 Å². The minimum atomic E-state index is -1.27. The van der Waals surface area contributed by atoms with Crippen LogP contribution in [0.25, 0.3) is 0 Å². The number of fused-ring (bicyclic) bond motifs is 5. The maximum atomic E-state index is 12.5. The number of hydrogen-bond donors (Lipinski definition) is 4. The van der Waals surface area contributed by atoms with Crippen LogP contribution in [0.2, 0.25) is 0 Å². The molecular weight excluding hydrogens is 462 g/mol. The lowest BCUT2D eigenvalue weighted by atomic mass is 9.44. The zero-order valence-electron chi connectivity index (χ0n) is 22.4. The molecule has 0 amide bonds. The van der Waals surface area contributed by atoms with Crippen LogP contribution in [0.4, 0.5) is 0 Å². The van der Waals surface area contributed by atoms with E-state index in [1.54, 1.807) is 6.92 Å². The van der Waals surface area contributed by atoms with Crippen molar-refractivity contribution < 1.29 is 34.3 Å². The van der Waals surface area contributed by atoms with Gasteiger partial charge >= 0.3 is 5.97 Å². The first-order valence-electron chi connectivity index (χ1n) is 14.2. The van der Waals surface area contributed by atoms with Crippen LogP contribution in [0.3, 0.4) is 0 Å². The number of aliphatic hydroxyl groups is 3. The summed E-state index contributed by atoms with van der Waals surface area (Å²) in [4.78, 5) is 12.5. The highest BCUT2D eigenvalue weighted by Gasteiger charge is 2.61. The Labute approximate surface area is 215 Å². The molecule has 8 heteroatoms. The van der Waals surface area contributed by atoms with Crippen molar-refractivity contribution in [1.29, 1.82) is 0 Å². The molecule has 4 N–H and O–H groups in total. The van der Waals surface area contributed by atoms with E-state index in [0.717, 1.165) is 37.5 Å². The molecule has 0 aromatic heterocycles. The Morgan fingerprint density at radius 1 is 0.944 bits per heavy atom. The summed E-state index contributed by atoms with van der Waals surface area (Å²) in [6, 6.07) is 0.359. The fourth-order valence-electron chi connectivity index (χ4n) is 9.37. The fourth-order valence-corrected chi connectivity index (χ4v) is 9.37. The van der Waals surface area contributed by atoms with E-state index in [1.165, 1.54) is 39.2 Å². The van der Waals surface area contributed by atoms with Crippen molar-refractivity contribution in [3.63, 3.8) is 0 Å². The second-order valence-electron chi connectivity index (χ2n) is 13.0. The molecule has 1 unspecified atom stereocenters. The summed E-state index contributed by atoms with van der Waals surface area (Å²) in [7, 11) is 1.53. The molecule has 0 aromatic carbocycles. The number of ether oxygens (including phenoxy) is 3. The molecule has 8 nitrogen and oxygen atoms in total. The van der Waals surface area contributed by atoms with Gasteiger partial charge in [-0.25, -0.2) is 0 Å². The van der Waals surface area contributed by atoms with E-state index >= 15 is 0 Å². The number of methoxy groups -OCH3 is 1. The molecule has 1 saturated heterocycles. The van der Waals surface area contributed by atoms with E-state index in [2.05, 4.69) is 19.2 Å². The molecule has 5 rings (SSSR count). The molecular formula is C28H47NO7. The van der Waals surface area contributed by atoms with Crippen molar-refractivity contribution in [2.45, 2.75) is 115 Å². The summed E-state index contributed by atoms with van der Waals surface area (Å²) in [5, 5.41) is 33.6. The summed E-state index contributed by atoms with van der Waals surface area (Å²) in [6.45, 7) is 6.81. The van der Waals surface area contributed by atoms with E-state index < -0.39 is 30.7 Å². The van der Waals surface area contributed by atoms with Gasteiger partial charge in [-0.1, -0.05) is 13.8 Å². The van der Waals surface area contributed by atoms with Crippen molar-refractivity contribution in [2.24, 2.45) is 40.4 Å². The van der Waals surface area contributed by atoms with Crippen LogP contribution in [-0.4, -0.2) is 71.9 Å². The van der Waals surface area contributed by atoms with Gasteiger partial charge in [0.15, 0.2) is 6.29 Å². The largest absolute Gasteiger partial charge is 0.469 e. The summed E-state index contributed by atoms with van der Waals surface area (Å²) in [5.74, 6) is 2.85. The third-order valence-corrected chi connectivity index (χ3v) is 11.6. The first-order valence-corrected chi connectivity index (χ1v) is 14.2. The van der Waals surface area contributed by atoms with Crippen molar-refractivity contribution >= 4 is 5.97 Å². The standard InChI is InChI=1S/C28H47NO7/c1-15-22(30)23(31)24(32)26(36-15)35-14-29-17-9-11-27(2)16(13-17)5-6-18-19-7-8-21(25(33)34-4)28(19,3)12-10-20(18)27/h15-24,26,29-32H,5-14H2,1-4H3/t15-,16?,17-,18-,19-,20-,21+,22-,23+,24+,26+,27-,28-/m0/s1. The molecule has 1 heterocycles. The van der Waals surface area contributed by atoms with Crippen LogP contribution in [0, 0.1) is 40.4 Å². The zero-order chi connectivity index (χ0) is 25.8. The van der Waals surface area contributed by atoms with Gasteiger partial charge in [-0.15, -0.1) is 0 Å². The fraction of sp³-hybridized carbons (Fsp3) is 0.964. The van der Waals surface area contributed by atoms with Crippen molar-refractivity contribution in [2.75, 3.05) is 13.8 Å². The van der Waals surface area contributed by atoms with Crippen molar-refractivity contribution in [3.05, 3.63) is 0 Å². The molecule has 13 atom stereocenters. The van der Waals surface area contributed by atoms with Gasteiger partial charge in [0, 0.05) is 6.04 Å². The first-order chi connectivity index (χ1) is 17.1. The van der Waals surface area contributed by atoms with E-state index in [0.29, 0.717) is 23.3 Å². The first kappa shape index (κ1) is 26.8. The number of rotatable bonds is 5. The number of carbonyl (C=O) groups excluding carboxylic acids is 1. The lowest BCUT2D eigenvalue weighted by Gasteiger charge is -2.61. The number of aliphatic hydroxyl groups excluding tert-OH is 3. The Morgan fingerprint density at radius 3 is 2.42 bits per heavy atom. The van der Waals surface area contributed by atoms with Gasteiger partial charge < -0.3 is 29.5 Å². The van der Waals surface area contributed by atoms with Crippen LogP contribution in [-0.2, 0) is 19.0 Å². The molecule has 5 aliphatic rings. The topological polar surface area (TPSA) is 117 Å². The van der Waals surface area contributed by atoms with Gasteiger partial charge in [-0.2, -0.15) is 0 Å². The molecule has 0 spiro atoms. The number of esters is 1. The number of nitrogens with one attached hydrogen (secondary N) is 1. The minimum Gasteiger partial charge on any atom is -0.469 e. The highest BCUT2D eigenvalue weighted by molar-refractivity contribution is 5.73. The molecule has 206 valence electrons. The zero-order valence-corrected chi connectivity index (χ0v) is 22.4. The van der Waals surface area contributed by atoms with Gasteiger partial charge in [0.1, 0.15) is 25.0 Å². The quantitative estimate of drug-likeness (QED) is 0.330. The molecule has 5 fully saturated rings.